The van der Waals surface area contributed by atoms with Crippen LogP contribution in [-0.4, -0.2) is 9.97 Å². The molecule has 0 radical (unpaired) electrons. The maximum atomic E-state index is 13.5. The normalized spacial score (nSPS) is 10.6. The summed E-state index contributed by atoms with van der Waals surface area (Å²) in [4.78, 5) is 5.43. The van der Waals surface area contributed by atoms with E-state index >= 15 is 0 Å². The first-order valence-electron chi connectivity index (χ1n) is 4.31. The van der Waals surface area contributed by atoms with E-state index in [2.05, 4.69) is 9.97 Å². The maximum Gasteiger partial charge on any atom is 0.174 e. The molecule has 0 aliphatic heterocycles. The third-order valence-electron chi connectivity index (χ3n) is 2.13. The fourth-order valence-electron chi connectivity index (χ4n) is 1.33. The van der Waals surface area contributed by atoms with Crippen LogP contribution in [0.15, 0.2) is 18.3 Å². The van der Waals surface area contributed by atoms with Crippen molar-refractivity contribution in [2.75, 3.05) is 0 Å². The van der Waals surface area contributed by atoms with E-state index in [1.807, 2.05) is 0 Å². The molecule has 0 unspecified atom stereocenters. The van der Waals surface area contributed by atoms with Crippen LogP contribution in [0, 0.1) is 23.3 Å². The zero-order valence-electron chi connectivity index (χ0n) is 7.90. The molecule has 1 aromatic heterocycles. The molecule has 0 amide bonds. The Kier molecular flexibility index (Phi) is 2.40. The third-order valence-corrected chi connectivity index (χ3v) is 2.35. The average Bonchev–Trinajstić information content (AvgIpc) is 2.58. The number of hydrogen-bond acceptors (Lipinski definition) is 1. The number of H-pyrrole nitrogens is 2. The fraction of sp³-hybridized carbons (Fsp3) is 0.100. The molecule has 15 heavy (non-hydrogen) atoms. The highest BCUT2D eigenvalue weighted by molar-refractivity contribution is 7.71. The molecule has 0 bridgehead atoms. The second kappa shape index (κ2) is 3.58. The van der Waals surface area contributed by atoms with E-state index in [1.165, 1.54) is 13.1 Å². The summed E-state index contributed by atoms with van der Waals surface area (Å²) in [6.07, 6.45) is 1.51. The van der Waals surface area contributed by atoms with Crippen LogP contribution in [0.1, 0.15) is 5.56 Å². The molecule has 1 heterocycles. The Morgan fingerprint density at radius 2 is 1.93 bits per heavy atom. The molecule has 0 aliphatic carbocycles. The summed E-state index contributed by atoms with van der Waals surface area (Å²) in [6.45, 7) is 1.52. The van der Waals surface area contributed by atoms with E-state index in [0.29, 0.717) is 10.5 Å². The molecule has 0 atom stereocenters. The number of benzene rings is 1. The van der Waals surface area contributed by atoms with Crippen LogP contribution in [0.5, 0.6) is 0 Å². The monoisotopic (exact) mass is 226 g/mol. The number of rotatable bonds is 1. The first-order valence-corrected chi connectivity index (χ1v) is 4.72. The third kappa shape index (κ3) is 1.83. The lowest BCUT2D eigenvalue weighted by atomic mass is 10.1. The van der Waals surface area contributed by atoms with Gasteiger partial charge in [0.15, 0.2) is 4.77 Å². The first-order chi connectivity index (χ1) is 7.08. The van der Waals surface area contributed by atoms with Gasteiger partial charge in [-0.05, 0) is 36.8 Å². The van der Waals surface area contributed by atoms with Gasteiger partial charge in [-0.2, -0.15) is 0 Å². The zero-order valence-corrected chi connectivity index (χ0v) is 8.71. The lowest BCUT2D eigenvalue weighted by Gasteiger charge is -2.02. The average molecular weight is 226 g/mol. The van der Waals surface area contributed by atoms with Crippen molar-refractivity contribution in [3.8, 4) is 11.3 Å². The largest absolute Gasteiger partial charge is 0.337 e. The van der Waals surface area contributed by atoms with Gasteiger partial charge in [-0.3, -0.25) is 0 Å². The molecule has 0 saturated carbocycles. The van der Waals surface area contributed by atoms with Crippen molar-refractivity contribution in [1.82, 2.24) is 9.97 Å². The molecule has 2 rings (SSSR count). The van der Waals surface area contributed by atoms with Gasteiger partial charge in [-0.25, -0.2) is 8.78 Å². The van der Waals surface area contributed by atoms with Gasteiger partial charge in [-0.15, -0.1) is 0 Å². The predicted octanol–water partition coefficient (Wildman–Crippen LogP) is 3.33. The van der Waals surface area contributed by atoms with Crippen molar-refractivity contribution in [2.24, 2.45) is 0 Å². The highest BCUT2D eigenvalue weighted by atomic mass is 32.1. The summed E-state index contributed by atoms with van der Waals surface area (Å²) < 4.78 is 27.1. The van der Waals surface area contributed by atoms with Gasteiger partial charge in [0.25, 0.3) is 0 Å². The fourth-order valence-corrected chi connectivity index (χ4v) is 1.50. The zero-order chi connectivity index (χ0) is 11.0. The molecule has 2 aromatic rings. The lowest BCUT2D eigenvalue weighted by Crippen LogP contribution is -1.90. The summed E-state index contributed by atoms with van der Waals surface area (Å²) in [5.41, 5.74) is 0.896. The topological polar surface area (TPSA) is 31.6 Å². The van der Waals surface area contributed by atoms with Crippen molar-refractivity contribution in [1.29, 1.82) is 0 Å². The number of hydrogen-bond donors (Lipinski definition) is 2. The molecule has 2 N–H and O–H groups in total. The number of nitrogens with one attached hydrogen (secondary N) is 2. The van der Waals surface area contributed by atoms with E-state index in [9.17, 15) is 8.78 Å². The quantitative estimate of drug-likeness (QED) is 0.718. The Morgan fingerprint density at radius 1 is 1.20 bits per heavy atom. The Bertz CT molecular complexity index is 557. The van der Waals surface area contributed by atoms with Crippen molar-refractivity contribution in [3.63, 3.8) is 0 Å². The highest BCUT2D eigenvalue weighted by Gasteiger charge is 2.10. The van der Waals surface area contributed by atoms with Crippen LogP contribution in [0.2, 0.25) is 0 Å². The van der Waals surface area contributed by atoms with Crippen molar-refractivity contribution >= 4 is 12.2 Å². The van der Waals surface area contributed by atoms with E-state index in [-0.39, 0.29) is 11.1 Å². The standard InChI is InChI=1S/C10H8F2N2S/c1-5-2-8(12)6(3-7(5)11)9-4-13-10(15)14-9/h2-4H,1H3,(H2,13,14,15). The Balaban J connectivity index is 2.63. The smallest absolute Gasteiger partial charge is 0.174 e. The molecule has 0 spiro atoms. The van der Waals surface area contributed by atoms with Crippen LogP contribution in [0.4, 0.5) is 8.78 Å². The van der Waals surface area contributed by atoms with Gasteiger partial charge in [0.1, 0.15) is 11.6 Å². The Hall–Kier alpha value is -1.49. The lowest BCUT2D eigenvalue weighted by molar-refractivity contribution is 0.595. The summed E-state index contributed by atoms with van der Waals surface area (Å²) in [7, 11) is 0. The second-order valence-electron chi connectivity index (χ2n) is 3.24. The number of imidazole rings is 1. The van der Waals surface area contributed by atoms with Gasteiger partial charge in [0.2, 0.25) is 0 Å². The van der Waals surface area contributed by atoms with Gasteiger partial charge >= 0.3 is 0 Å². The van der Waals surface area contributed by atoms with E-state index < -0.39 is 11.6 Å². The van der Waals surface area contributed by atoms with Gasteiger partial charge < -0.3 is 9.97 Å². The van der Waals surface area contributed by atoms with Crippen molar-refractivity contribution in [3.05, 3.63) is 40.3 Å². The summed E-state index contributed by atoms with van der Waals surface area (Å²) in [6, 6.07) is 2.31. The molecule has 0 saturated heterocycles. The number of aromatic nitrogens is 2. The first kappa shape index (κ1) is 10.0. The summed E-state index contributed by atoms with van der Waals surface area (Å²) in [5.74, 6) is -0.911. The second-order valence-corrected chi connectivity index (χ2v) is 3.65. The highest BCUT2D eigenvalue weighted by Crippen LogP contribution is 2.23. The Morgan fingerprint density at radius 3 is 2.53 bits per heavy atom. The van der Waals surface area contributed by atoms with Gasteiger partial charge in [0.05, 0.1) is 5.69 Å². The number of aromatic amines is 2. The molecule has 78 valence electrons. The van der Waals surface area contributed by atoms with Crippen molar-refractivity contribution in [2.45, 2.75) is 6.92 Å². The number of aryl methyl sites for hydroxylation is 1. The summed E-state index contributed by atoms with van der Waals surface area (Å²) in [5, 5.41) is 0. The molecule has 1 aromatic carbocycles. The molecule has 5 heteroatoms. The molecule has 2 nitrogen and oxygen atoms in total. The number of halogens is 2. The van der Waals surface area contributed by atoms with Gasteiger partial charge in [-0.1, -0.05) is 0 Å². The molecular formula is C10H8F2N2S. The Labute approximate surface area is 90.0 Å². The minimum Gasteiger partial charge on any atom is -0.337 e. The predicted molar refractivity (Wildman–Crippen MR) is 56.1 cm³/mol. The molecule has 0 aliphatic rings. The minimum absolute atomic E-state index is 0.172. The van der Waals surface area contributed by atoms with E-state index in [4.69, 9.17) is 12.2 Å². The summed E-state index contributed by atoms with van der Waals surface area (Å²) >= 11 is 4.81. The van der Waals surface area contributed by atoms with Crippen LogP contribution >= 0.6 is 12.2 Å². The maximum absolute atomic E-state index is 13.5. The minimum atomic E-state index is -0.473. The molecule has 0 fully saturated rings. The van der Waals surface area contributed by atoms with Crippen LogP contribution in [-0.2, 0) is 0 Å². The van der Waals surface area contributed by atoms with Crippen LogP contribution in [0.25, 0.3) is 11.3 Å². The SMILES string of the molecule is Cc1cc(F)c(-c2c[nH]c(=S)[nH]2)cc1F. The van der Waals surface area contributed by atoms with Gasteiger partial charge in [0, 0.05) is 11.8 Å². The van der Waals surface area contributed by atoms with Crippen LogP contribution < -0.4 is 0 Å². The van der Waals surface area contributed by atoms with Crippen molar-refractivity contribution < 1.29 is 8.78 Å². The molecular weight excluding hydrogens is 218 g/mol. The van der Waals surface area contributed by atoms with E-state index in [0.717, 1.165) is 12.1 Å². The van der Waals surface area contributed by atoms with Crippen LogP contribution in [0.3, 0.4) is 0 Å². The van der Waals surface area contributed by atoms with E-state index in [1.54, 1.807) is 0 Å².